The van der Waals surface area contributed by atoms with E-state index in [1.54, 1.807) is 42.1 Å². The van der Waals surface area contributed by atoms with Crippen molar-refractivity contribution in [3.8, 4) is 11.4 Å². The average molecular weight is 594 g/mol. The van der Waals surface area contributed by atoms with Gasteiger partial charge in [-0.05, 0) is 67.7 Å². The van der Waals surface area contributed by atoms with Crippen LogP contribution < -0.4 is 10.6 Å². The van der Waals surface area contributed by atoms with Gasteiger partial charge in [0.1, 0.15) is 5.82 Å². The molecule has 1 heterocycles. The lowest BCUT2D eigenvalue weighted by atomic mass is 9.53. The van der Waals surface area contributed by atoms with E-state index in [0.717, 1.165) is 56.0 Å². The van der Waals surface area contributed by atoms with Gasteiger partial charge in [-0.25, -0.2) is 4.79 Å². The first-order chi connectivity index (χ1) is 18.9. The van der Waals surface area contributed by atoms with E-state index in [2.05, 4.69) is 20.8 Å². The van der Waals surface area contributed by atoms with Gasteiger partial charge in [-0.3, -0.25) is 4.21 Å². The number of alkyl halides is 3. The number of hydrogen-bond donors (Lipinski definition) is 2. The van der Waals surface area contributed by atoms with Crippen LogP contribution in [-0.2, 0) is 36.0 Å². The molecule has 1 atom stereocenters. The number of carbonyl (C=O) groups excluding carboxylic acids is 1. The molecule has 0 aliphatic heterocycles. The smallest absolute Gasteiger partial charge is 0.338 e. The zero-order valence-electron chi connectivity index (χ0n) is 22.3. The van der Waals surface area contributed by atoms with Gasteiger partial charge in [0.05, 0.1) is 5.56 Å². The number of nitrogens with zero attached hydrogens (tertiary/aromatic N) is 3. The fourth-order valence-corrected chi connectivity index (χ4v) is 7.03. The van der Waals surface area contributed by atoms with Gasteiger partial charge in [-0.1, -0.05) is 35.9 Å². The van der Waals surface area contributed by atoms with Crippen LogP contribution >= 0.6 is 11.6 Å². The molecule has 3 aliphatic rings. The van der Waals surface area contributed by atoms with E-state index in [1.807, 2.05) is 0 Å². The topological polar surface area (TPSA) is 88.9 Å². The Morgan fingerprint density at radius 3 is 2.35 bits per heavy atom. The summed E-state index contributed by atoms with van der Waals surface area (Å²) < 4.78 is 54.2. The molecule has 3 aliphatic carbocycles. The van der Waals surface area contributed by atoms with Gasteiger partial charge in [-0.2, -0.15) is 13.2 Å². The molecule has 6 rings (SSSR count). The highest BCUT2D eigenvalue weighted by molar-refractivity contribution is 7.84. The molecule has 3 saturated carbocycles. The molecule has 3 fully saturated rings. The SMILES string of the molecule is Cn1c(-c2ccccc2C(F)(F)F)nnc1C12CCC(CNC(=O)NCc3ccc(S(C)=O)cc3Cl)(CC1)CC2. The van der Waals surface area contributed by atoms with Crippen molar-refractivity contribution in [2.75, 3.05) is 12.8 Å². The number of rotatable bonds is 7. The zero-order chi connectivity index (χ0) is 28.7. The molecular weight excluding hydrogens is 563 g/mol. The highest BCUT2D eigenvalue weighted by Crippen LogP contribution is 2.57. The molecule has 2 aromatic carbocycles. The number of amides is 2. The number of benzene rings is 2. The molecule has 0 radical (unpaired) electrons. The second-order valence-corrected chi connectivity index (χ2v) is 12.8. The van der Waals surface area contributed by atoms with E-state index < -0.39 is 22.5 Å². The number of hydrogen-bond acceptors (Lipinski definition) is 4. The number of halogens is 4. The van der Waals surface area contributed by atoms with Crippen molar-refractivity contribution in [3.05, 3.63) is 64.4 Å². The summed E-state index contributed by atoms with van der Waals surface area (Å²) in [4.78, 5) is 13.2. The molecule has 40 heavy (non-hydrogen) atoms. The van der Waals surface area contributed by atoms with Crippen LogP contribution in [0.2, 0.25) is 5.02 Å². The minimum Gasteiger partial charge on any atom is -0.338 e. The Kier molecular flexibility index (Phi) is 7.73. The van der Waals surface area contributed by atoms with Gasteiger partial charge in [0.15, 0.2) is 5.82 Å². The van der Waals surface area contributed by atoms with Crippen molar-refractivity contribution in [1.82, 2.24) is 25.4 Å². The Bertz CT molecular complexity index is 1430. The van der Waals surface area contributed by atoms with E-state index in [1.165, 1.54) is 12.1 Å². The summed E-state index contributed by atoms with van der Waals surface area (Å²) in [7, 11) is 0.615. The third kappa shape index (κ3) is 5.50. The van der Waals surface area contributed by atoms with Crippen molar-refractivity contribution in [3.63, 3.8) is 0 Å². The van der Waals surface area contributed by atoms with E-state index in [-0.39, 0.29) is 34.8 Å². The summed E-state index contributed by atoms with van der Waals surface area (Å²) in [5, 5.41) is 14.9. The first-order valence-electron chi connectivity index (χ1n) is 13.1. The van der Waals surface area contributed by atoms with E-state index >= 15 is 0 Å². The third-order valence-electron chi connectivity index (χ3n) is 8.64. The Morgan fingerprint density at radius 2 is 1.73 bits per heavy atom. The lowest BCUT2D eigenvalue weighted by Gasteiger charge is -2.52. The van der Waals surface area contributed by atoms with Gasteiger partial charge < -0.3 is 15.2 Å². The van der Waals surface area contributed by atoms with Crippen LogP contribution in [0.5, 0.6) is 0 Å². The van der Waals surface area contributed by atoms with E-state index in [9.17, 15) is 22.2 Å². The zero-order valence-corrected chi connectivity index (χ0v) is 23.8. The molecule has 1 aromatic heterocycles. The van der Waals surface area contributed by atoms with Crippen molar-refractivity contribution in [1.29, 1.82) is 0 Å². The molecular formula is C28H31ClF3N5O2S. The van der Waals surface area contributed by atoms with Gasteiger partial charge in [0.25, 0.3) is 0 Å². The fourth-order valence-electron chi connectivity index (χ4n) is 6.17. The molecule has 2 amide bonds. The molecule has 2 bridgehead atoms. The summed E-state index contributed by atoms with van der Waals surface area (Å²) >= 11 is 6.28. The van der Waals surface area contributed by atoms with E-state index in [0.29, 0.717) is 16.5 Å². The largest absolute Gasteiger partial charge is 0.417 e. The summed E-state index contributed by atoms with van der Waals surface area (Å²) in [6.07, 6.45) is 2.27. The predicted octanol–water partition coefficient (Wildman–Crippen LogP) is 5.98. The normalized spacial score (nSPS) is 23.1. The summed E-state index contributed by atoms with van der Waals surface area (Å²) in [6, 6.07) is 10.3. The Hall–Kier alpha value is -2.92. The van der Waals surface area contributed by atoms with Gasteiger partial charge in [0.2, 0.25) is 0 Å². The highest BCUT2D eigenvalue weighted by atomic mass is 35.5. The molecule has 12 heteroatoms. The van der Waals surface area contributed by atoms with Crippen LogP contribution in [0.15, 0.2) is 47.4 Å². The first kappa shape index (κ1) is 28.6. The van der Waals surface area contributed by atoms with Crippen LogP contribution in [0.25, 0.3) is 11.4 Å². The van der Waals surface area contributed by atoms with Gasteiger partial charge in [-0.15, -0.1) is 10.2 Å². The lowest BCUT2D eigenvalue weighted by Crippen LogP contribution is -2.51. The average Bonchev–Trinajstić information content (AvgIpc) is 3.33. The van der Waals surface area contributed by atoms with Crippen molar-refractivity contribution in [2.45, 2.75) is 61.6 Å². The Balaban J connectivity index is 1.20. The van der Waals surface area contributed by atoms with Crippen LogP contribution in [0.1, 0.15) is 55.5 Å². The second-order valence-electron chi connectivity index (χ2n) is 11.0. The second kappa shape index (κ2) is 10.8. The minimum atomic E-state index is -4.48. The standard InChI is InChI=1S/C28H31ClF3N5O2S/c1-37-23(20-5-3-4-6-21(20)28(30,31)32)35-36-24(37)27-12-9-26(10-13-27,11-14-27)17-34-25(38)33-16-18-7-8-19(40(2)39)15-22(18)29/h3-8,15H,9-14,16-17H2,1-2H3,(H2,33,34,38). The van der Waals surface area contributed by atoms with Crippen molar-refractivity contribution >= 4 is 28.4 Å². The number of nitrogens with one attached hydrogen (secondary N) is 2. The number of fused-ring (bicyclic) bond motifs is 3. The molecule has 1 unspecified atom stereocenters. The number of aromatic nitrogens is 3. The summed E-state index contributed by atoms with van der Waals surface area (Å²) in [6.45, 7) is 0.794. The fraction of sp³-hybridized carbons (Fsp3) is 0.464. The van der Waals surface area contributed by atoms with Crippen LogP contribution in [0.4, 0.5) is 18.0 Å². The first-order valence-corrected chi connectivity index (χ1v) is 15.1. The minimum absolute atomic E-state index is 0.0200. The quantitative estimate of drug-likeness (QED) is 0.353. The van der Waals surface area contributed by atoms with Gasteiger partial charge >= 0.3 is 12.2 Å². The molecule has 2 N–H and O–H groups in total. The maximum absolute atomic E-state index is 13.6. The Morgan fingerprint density at radius 1 is 1.05 bits per heavy atom. The maximum atomic E-state index is 13.6. The van der Waals surface area contributed by atoms with Crippen molar-refractivity contribution in [2.24, 2.45) is 12.5 Å². The third-order valence-corrected chi connectivity index (χ3v) is 9.91. The van der Waals surface area contributed by atoms with E-state index in [4.69, 9.17) is 11.6 Å². The van der Waals surface area contributed by atoms with Crippen LogP contribution in [0.3, 0.4) is 0 Å². The number of urea groups is 1. The summed E-state index contributed by atoms with van der Waals surface area (Å²) in [5.41, 5.74) is -0.204. The molecule has 0 saturated heterocycles. The van der Waals surface area contributed by atoms with Crippen LogP contribution in [0, 0.1) is 5.41 Å². The maximum Gasteiger partial charge on any atom is 0.417 e. The molecule has 0 spiro atoms. The van der Waals surface area contributed by atoms with Gasteiger partial charge in [0, 0.05) is 58.1 Å². The number of carbonyl (C=O) groups is 1. The van der Waals surface area contributed by atoms with Crippen LogP contribution in [-0.4, -0.2) is 37.8 Å². The highest BCUT2D eigenvalue weighted by Gasteiger charge is 2.51. The van der Waals surface area contributed by atoms with Crippen molar-refractivity contribution < 1.29 is 22.2 Å². The predicted molar refractivity (Wildman–Crippen MR) is 147 cm³/mol. The lowest BCUT2D eigenvalue weighted by molar-refractivity contribution is -0.137. The summed E-state index contributed by atoms with van der Waals surface area (Å²) in [5.74, 6) is 0.948. The molecule has 3 aromatic rings. The Labute approximate surface area is 238 Å². The monoisotopic (exact) mass is 593 g/mol. The molecule has 214 valence electrons. The molecule has 7 nitrogen and oxygen atoms in total.